The largest absolute Gasteiger partial charge is 0.298 e. The molecule has 2 nitrogen and oxygen atoms in total. The zero-order valence-corrected chi connectivity index (χ0v) is 12.4. The Morgan fingerprint density at radius 3 is 2.39 bits per heavy atom. The van der Waals surface area contributed by atoms with E-state index in [-0.39, 0.29) is 6.04 Å². The van der Waals surface area contributed by atoms with Gasteiger partial charge < -0.3 is 0 Å². The first-order valence-corrected chi connectivity index (χ1v) is 8.00. The van der Waals surface area contributed by atoms with Crippen molar-refractivity contribution in [3.05, 3.63) is 0 Å². The first kappa shape index (κ1) is 15.7. The number of likely N-dealkylation sites (tertiary alicyclic amines) is 1. The molecule has 0 radical (unpaired) electrons. The summed E-state index contributed by atoms with van der Waals surface area (Å²) in [5, 5.41) is 0. The Morgan fingerprint density at radius 1 is 1.06 bits per heavy atom. The van der Waals surface area contributed by atoms with Gasteiger partial charge in [-0.3, -0.25) is 9.69 Å². The van der Waals surface area contributed by atoms with Gasteiger partial charge in [0, 0.05) is 0 Å². The van der Waals surface area contributed by atoms with Crippen molar-refractivity contribution >= 4 is 5.78 Å². The Bertz CT molecular complexity index is 227. The Kier molecular flexibility index (Phi) is 8.32. The lowest BCUT2D eigenvalue weighted by Gasteiger charge is -2.34. The Balaban J connectivity index is 2.07. The maximum atomic E-state index is 11.6. The summed E-state index contributed by atoms with van der Waals surface area (Å²) in [6.45, 7) is 6.30. The molecule has 1 unspecified atom stereocenters. The van der Waals surface area contributed by atoms with Gasteiger partial charge in [0.05, 0.1) is 6.04 Å². The van der Waals surface area contributed by atoms with E-state index < -0.39 is 0 Å². The summed E-state index contributed by atoms with van der Waals surface area (Å²) in [5.74, 6) is 0.373. The number of Topliss-reactive ketones (excluding diaryl/α,β-unsaturated/α-hetero) is 1. The fourth-order valence-corrected chi connectivity index (χ4v) is 2.99. The lowest BCUT2D eigenvalue weighted by atomic mass is 9.98. The molecule has 1 atom stereocenters. The number of unbranched alkanes of at least 4 members (excludes halogenated alkanes) is 6. The number of nitrogens with zero attached hydrogens (tertiary/aromatic N) is 1. The van der Waals surface area contributed by atoms with Crippen LogP contribution in [0.4, 0.5) is 0 Å². The van der Waals surface area contributed by atoms with Gasteiger partial charge in [0.15, 0.2) is 0 Å². The van der Waals surface area contributed by atoms with Gasteiger partial charge in [-0.25, -0.2) is 0 Å². The van der Waals surface area contributed by atoms with Crippen molar-refractivity contribution in [3.8, 4) is 0 Å². The molecule has 0 aromatic heterocycles. The van der Waals surface area contributed by atoms with Crippen molar-refractivity contribution in [2.45, 2.75) is 84.1 Å². The van der Waals surface area contributed by atoms with Crippen LogP contribution in [0.25, 0.3) is 0 Å². The highest BCUT2D eigenvalue weighted by Crippen LogP contribution is 2.18. The quantitative estimate of drug-likeness (QED) is 0.575. The lowest BCUT2D eigenvalue weighted by Crippen LogP contribution is -2.44. The van der Waals surface area contributed by atoms with Crippen LogP contribution in [0.5, 0.6) is 0 Å². The molecule has 106 valence electrons. The molecule has 1 heterocycles. The van der Waals surface area contributed by atoms with Crippen LogP contribution in [0.1, 0.15) is 78.1 Å². The number of hydrogen-bond acceptors (Lipinski definition) is 2. The fourth-order valence-electron chi connectivity index (χ4n) is 2.99. The van der Waals surface area contributed by atoms with E-state index in [1.54, 1.807) is 6.92 Å². The highest BCUT2D eigenvalue weighted by Gasteiger charge is 2.24. The molecule has 0 aromatic rings. The second-order valence-corrected chi connectivity index (χ2v) is 5.78. The molecule has 1 fully saturated rings. The molecule has 1 aliphatic heterocycles. The summed E-state index contributed by atoms with van der Waals surface area (Å²) < 4.78 is 0. The lowest BCUT2D eigenvalue weighted by molar-refractivity contribution is -0.123. The Morgan fingerprint density at radius 2 is 1.72 bits per heavy atom. The highest BCUT2D eigenvalue weighted by atomic mass is 16.1. The maximum absolute atomic E-state index is 11.6. The number of carbonyl (C=O) groups is 1. The SMILES string of the molecule is CCCCCCCCCN1CCCCC1C(C)=O. The molecular weight excluding hydrogens is 222 g/mol. The molecule has 0 saturated carbocycles. The predicted molar refractivity (Wildman–Crippen MR) is 77.9 cm³/mol. The van der Waals surface area contributed by atoms with Crippen molar-refractivity contribution in [1.82, 2.24) is 4.90 Å². The average molecular weight is 253 g/mol. The molecule has 0 N–H and O–H groups in total. The summed E-state index contributed by atoms with van der Waals surface area (Å²) in [6, 6.07) is 0.235. The van der Waals surface area contributed by atoms with Gasteiger partial charge in [-0.15, -0.1) is 0 Å². The van der Waals surface area contributed by atoms with E-state index in [1.807, 2.05) is 0 Å². The first-order chi connectivity index (χ1) is 8.75. The first-order valence-electron chi connectivity index (χ1n) is 8.00. The summed E-state index contributed by atoms with van der Waals surface area (Å²) in [6.07, 6.45) is 13.1. The second kappa shape index (κ2) is 9.55. The van der Waals surface area contributed by atoms with E-state index in [4.69, 9.17) is 0 Å². The minimum Gasteiger partial charge on any atom is -0.298 e. The van der Waals surface area contributed by atoms with Gasteiger partial charge >= 0.3 is 0 Å². The minimum absolute atomic E-state index is 0.235. The van der Waals surface area contributed by atoms with Crippen LogP contribution in [-0.4, -0.2) is 29.8 Å². The summed E-state index contributed by atoms with van der Waals surface area (Å²) >= 11 is 0. The van der Waals surface area contributed by atoms with Gasteiger partial charge in [-0.05, 0) is 39.3 Å². The van der Waals surface area contributed by atoms with Gasteiger partial charge in [0.1, 0.15) is 5.78 Å². The monoisotopic (exact) mass is 253 g/mol. The van der Waals surface area contributed by atoms with Crippen LogP contribution in [0, 0.1) is 0 Å². The van der Waals surface area contributed by atoms with Gasteiger partial charge in [-0.2, -0.15) is 0 Å². The van der Waals surface area contributed by atoms with E-state index >= 15 is 0 Å². The molecule has 0 aromatic carbocycles. The predicted octanol–water partition coefficient (Wildman–Crippen LogP) is 4.18. The topological polar surface area (TPSA) is 20.3 Å². The van der Waals surface area contributed by atoms with Crippen LogP contribution in [0.15, 0.2) is 0 Å². The van der Waals surface area contributed by atoms with Crippen molar-refractivity contribution in [1.29, 1.82) is 0 Å². The molecule has 18 heavy (non-hydrogen) atoms. The molecule has 1 rings (SSSR count). The molecule has 2 heteroatoms. The molecule has 0 spiro atoms. The number of carbonyl (C=O) groups excluding carboxylic acids is 1. The van der Waals surface area contributed by atoms with Gasteiger partial charge in [0.2, 0.25) is 0 Å². The zero-order chi connectivity index (χ0) is 13.2. The molecule has 0 amide bonds. The van der Waals surface area contributed by atoms with E-state index in [2.05, 4.69) is 11.8 Å². The Labute approximate surface area is 113 Å². The summed E-state index contributed by atoms with van der Waals surface area (Å²) in [5.41, 5.74) is 0. The zero-order valence-electron chi connectivity index (χ0n) is 12.4. The molecule has 1 aliphatic rings. The van der Waals surface area contributed by atoms with Gasteiger partial charge in [0.25, 0.3) is 0 Å². The third-order valence-electron chi connectivity index (χ3n) is 4.13. The second-order valence-electron chi connectivity index (χ2n) is 5.78. The molecule has 0 bridgehead atoms. The Hall–Kier alpha value is -0.370. The number of rotatable bonds is 9. The van der Waals surface area contributed by atoms with E-state index in [0.717, 1.165) is 19.5 Å². The third-order valence-corrected chi connectivity index (χ3v) is 4.13. The summed E-state index contributed by atoms with van der Waals surface area (Å²) in [7, 11) is 0. The van der Waals surface area contributed by atoms with Gasteiger partial charge in [-0.1, -0.05) is 51.9 Å². The van der Waals surface area contributed by atoms with Crippen molar-refractivity contribution in [3.63, 3.8) is 0 Å². The van der Waals surface area contributed by atoms with Crippen molar-refractivity contribution in [2.75, 3.05) is 13.1 Å². The number of ketones is 1. The smallest absolute Gasteiger partial charge is 0.146 e. The van der Waals surface area contributed by atoms with E-state index in [9.17, 15) is 4.79 Å². The summed E-state index contributed by atoms with van der Waals surface area (Å²) in [4.78, 5) is 14.0. The number of hydrogen-bond donors (Lipinski definition) is 0. The normalized spacial score (nSPS) is 21.1. The van der Waals surface area contributed by atoms with Crippen LogP contribution in [0.3, 0.4) is 0 Å². The highest BCUT2D eigenvalue weighted by molar-refractivity contribution is 5.81. The van der Waals surface area contributed by atoms with Crippen LogP contribution < -0.4 is 0 Å². The minimum atomic E-state index is 0.235. The molecule has 1 saturated heterocycles. The van der Waals surface area contributed by atoms with Crippen molar-refractivity contribution < 1.29 is 4.79 Å². The standard InChI is InChI=1S/C16H31NO/c1-3-4-5-6-7-8-10-13-17-14-11-9-12-16(17)15(2)18/h16H,3-14H2,1-2H3. The van der Waals surface area contributed by atoms with E-state index in [0.29, 0.717) is 5.78 Å². The maximum Gasteiger partial charge on any atom is 0.146 e. The molecule has 0 aliphatic carbocycles. The molecular formula is C16H31NO. The van der Waals surface area contributed by atoms with Crippen LogP contribution in [0.2, 0.25) is 0 Å². The third kappa shape index (κ3) is 5.99. The van der Waals surface area contributed by atoms with Crippen molar-refractivity contribution in [2.24, 2.45) is 0 Å². The average Bonchev–Trinajstić information content (AvgIpc) is 2.38. The van der Waals surface area contributed by atoms with E-state index in [1.165, 1.54) is 57.8 Å². The van der Waals surface area contributed by atoms with Crippen LogP contribution in [-0.2, 0) is 4.79 Å². The van der Waals surface area contributed by atoms with Crippen LogP contribution >= 0.6 is 0 Å². The fraction of sp³-hybridized carbons (Fsp3) is 0.938. The number of piperidine rings is 1.